The van der Waals surface area contributed by atoms with Gasteiger partial charge >= 0.3 is 0 Å². The number of nitrogens with zero attached hydrogens (tertiary/aromatic N) is 1. The van der Waals surface area contributed by atoms with Crippen molar-refractivity contribution < 1.29 is 22.0 Å². The Bertz CT molecular complexity index is 631. The van der Waals surface area contributed by atoms with Crippen molar-refractivity contribution in [2.24, 2.45) is 5.92 Å². The average molecular weight is 303 g/mol. The van der Waals surface area contributed by atoms with Gasteiger partial charge in [-0.2, -0.15) is 4.31 Å². The summed E-state index contributed by atoms with van der Waals surface area (Å²) >= 11 is 0. The summed E-state index contributed by atoms with van der Waals surface area (Å²) in [4.78, 5) is 10.9. The number of halogens is 2. The minimum Gasteiger partial charge on any atom is -0.299 e. The maximum absolute atomic E-state index is 13.6. The van der Waals surface area contributed by atoms with E-state index in [2.05, 4.69) is 0 Å². The summed E-state index contributed by atoms with van der Waals surface area (Å²) in [6, 6.07) is 2.32. The maximum atomic E-state index is 13.6. The lowest BCUT2D eigenvalue weighted by molar-refractivity contribution is -0.125. The highest BCUT2D eigenvalue weighted by Crippen LogP contribution is 2.25. The molecule has 1 unspecified atom stereocenters. The highest BCUT2D eigenvalue weighted by Gasteiger charge is 2.35. The van der Waals surface area contributed by atoms with Crippen LogP contribution in [0.1, 0.15) is 19.8 Å². The Morgan fingerprint density at radius 2 is 2.05 bits per heavy atom. The largest absolute Gasteiger partial charge is 0.299 e. The fraction of sp³-hybridized carbons (Fsp3) is 0.462. The second-order valence-electron chi connectivity index (χ2n) is 4.76. The Labute approximate surface area is 116 Å². The van der Waals surface area contributed by atoms with Crippen molar-refractivity contribution in [3.8, 4) is 0 Å². The zero-order valence-electron chi connectivity index (χ0n) is 11.0. The monoisotopic (exact) mass is 303 g/mol. The SMILES string of the molecule is CCC1CN(S(=O)(=O)c2cc(F)ccc2F)CCC1=O. The van der Waals surface area contributed by atoms with Crippen LogP contribution in [0.25, 0.3) is 0 Å². The molecular formula is C13H15F2NO3S. The van der Waals surface area contributed by atoms with E-state index in [0.717, 1.165) is 16.4 Å². The van der Waals surface area contributed by atoms with Crippen molar-refractivity contribution >= 4 is 15.8 Å². The van der Waals surface area contributed by atoms with E-state index in [-0.39, 0.29) is 31.2 Å². The molecule has 1 heterocycles. The summed E-state index contributed by atoms with van der Waals surface area (Å²) in [5.41, 5.74) is 0. The fourth-order valence-electron chi connectivity index (χ4n) is 2.27. The Balaban J connectivity index is 2.35. The molecule has 1 aliphatic rings. The van der Waals surface area contributed by atoms with Gasteiger partial charge in [-0.3, -0.25) is 4.79 Å². The summed E-state index contributed by atoms with van der Waals surface area (Å²) < 4.78 is 52.5. The number of rotatable bonds is 3. The van der Waals surface area contributed by atoms with Gasteiger partial charge in [-0.15, -0.1) is 0 Å². The maximum Gasteiger partial charge on any atom is 0.246 e. The van der Waals surface area contributed by atoms with Crippen LogP contribution < -0.4 is 0 Å². The third kappa shape index (κ3) is 2.73. The lowest BCUT2D eigenvalue weighted by Gasteiger charge is -2.30. The van der Waals surface area contributed by atoms with E-state index in [4.69, 9.17) is 0 Å². The number of benzene rings is 1. The van der Waals surface area contributed by atoms with E-state index in [1.54, 1.807) is 6.92 Å². The lowest BCUT2D eigenvalue weighted by atomic mass is 9.96. The molecule has 0 saturated carbocycles. The molecule has 1 aliphatic heterocycles. The third-order valence-electron chi connectivity index (χ3n) is 3.49. The first-order valence-electron chi connectivity index (χ1n) is 6.34. The van der Waals surface area contributed by atoms with E-state index in [1.165, 1.54) is 0 Å². The number of hydrogen-bond acceptors (Lipinski definition) is 3. The van der Waals surface area contributed by atoms with Crippen molar-refractivity contribution in [1.82, 2.24) is 4.31 Å². The Kier molecular flexibility index (Phi) is 4.19. The van der Waals surface area contributed by atoms with Crippen molar-refractivity contribution in [1.29, 1.82) is 0 Å². The Morgan fingerprint density at radius 3 is 2.70 bits per heavy atom. The number of hydrogen-bond donors (Lipinski definition) is 0. The number of Topliss-reactive ketones (excluding diaryl/α,β-unsaturated/α-hetero) is 1. The third-order valence-corrected chi connectivity index (χ3v) is 5.37. The molecular weight excluding hydrogens is 288 g/mol. The highest BCUT2D eigenvalue weighted by atomic mass is 32.2. The van der Waals surface area contributed by atoms with E-state index < -0.39 is 26.6 Å². The van der Waals surface area contributed by atoms with Crippen LogP contribution in [0.3, 0.4) is 0 Å². The Morgan fingerprint density at radius 1 is 1.35 bits per heavy atom. The molecule has 1 aromatic rings. The van der Waals surface area contributed by atoms with Gasteiger partial charge in [-0.25, -0.2) is 17.2 Å². The number of sulfonamides is 1. The number of ketones is 1. The van der Waals surface area contributed by atoms with E-state index in [1.807, 2.05) is 0 Å². The van der Waals surface area contributed by atoms with Crippen LogP contribution in [-0.2, 0) is 14.8 Å². The van der Waals surface area contributed by atoms with Gasteiger partial charge in [0.25, 0.3) is 0 Å². The van der Waals surface area contributed by atoms with Gasteiger partial charge in [0.2, 0.25) is 10.0 Å². The quantitative estimate of drug-likeness (QED) is 0.857. The molecule has 0 amide bonds. The van der Waals surface area contributed by atoms with Gasteiger partial charge < -0.3 is 0 Å². The molecule has 0 spiro atoms. The first-order chi connectivity index (χ1) is 9.36. The highest BCUT2D eigenvalue weighted by molar-refractivity contribution is 7.89. The molecule has 1 saturated heterocycles. The van der Waals surface area contributed by atoms with Crippen molar-refractivity contribution in [2.75, 3.05) is 13.1 Å². The molecule has 1 aromatic carbocycles. The molecule has 0 radical (unpaired) electrons. The van der Waals surface area contributed by atoms with Crippen molar-refractivity contribution in [2.45, 2.75) is 24.7 Å². The number of piperidine rings is 1. The zero-order valence-corrected chi connectivity index (χ0v) is 11.8. The lowest BCUT2D eigenvalue weighted by Crippen LogP contribution is -2.44. The minimum atomic E-state index is -4.12. The van der Waals surface area contributed by atoms with Gasteiger partial charge in [0.1, 0.15) is 22.3 Å². The summed E-state index contributed by atoms with van der Waals surface area (Å²) in [7, 11) is -4.12. The van der Waals surface area contributed by atoms with Gasteiger partial charge in [0.05, 0.1) is 0 Å². The van der Waals surface area contributed by atoms with Crippen LogP contribution in [0.5, 0.6) is 0 Å². The molecule has 0 aliphatic carbocycles. The van der Waals surface area contributed by atoms with Gasteiger partial charge in [0, 0.05) is 25.4 Å². The predicted molar refractivity (Wildman–Crippen MR) is 68.5 cm³/mol. The molecule has 0 aromatic heterocycles. The van der Waals surface area contributed by atoms with Crippen LogP contribution in [-0.4, -0.2) is 31.6 Å². The van der Waals surface area contributed by atoms with Gasteiger partial charge in [-0.05, 0) is 24.6 Å². The summed E-state index contributed by atoms with van der Waals surface area (Å²) in [6.07, 6.45) is 0.630. The molecule has 0 N–H and O–H groups in total. The van der Waals surface area contributed by atoms with Crippen molar-refractivity contribution in [3.63, 3.8) is 0 Å². The minimum absolute atomic E-state index is 0.00756. The van der Waals surface area contributed by atoms with Crippen molar-refractivity contribution in [3.05, 3.63) is 29.8 Å². The van der Waals surface area contributed by atoms with E-state index >= 15 is 0 Å². The summed E-state index contributed by atoms with van der Waals surface area (Å²) in [5.74, 6) is -2.17. The summed E-state index contributed by atoms with van der Waals surface area (Å²) in [6.45, 7) is 1.82. The fourth-order valence-corrected chi connectivity index (χ4v) is 3.83. The normalized spacial score (nSPS) is 21.1. The van der Waals surface area contributed by atoms with E-state index in [0.29, 0.717) is 12.5 Å². The van der Waals surface area contributed by atoms with Crippen LogP contribution in [0.2, 0.25) is 0 Å². The first kappa shape index (κ1) is 15.1. The van der Waals surface area contributed by atoms with Crippen LogP contribution in [0.15, 0.2) is 23.1 Å². The van der Waals surface area contributed by atoms with Gasteiger partial charge in [-0.1, -0.05) is 6.92 Å². The predicted octanol–water partition coefficient (Wildman–Crippen LogP) is 1.95. The molecule has 1 fully saturated rings. The topological polar surface area (TPSA) is 54.5 Å². The second kappa shape index (κ2) is 5.57. The smallest absolute Gasteiger partial charge is 0.246 e. The standard InChI is InChI=1S/C13H15F2NO3S/c1-2-9-8-16(6-5-12(9)17)20(18,19)13-7-10(14)3-4-11(13)15/h3-4,7,9H,2,5-6,8H2,1H3. The molecule has 1 atom stereocenters. The Hall–Kier alpha value is -1.34. The molecule has 2 rings (SSSR count). The van der Waals surface area contributed by atoms with Crippen LogP contribution >= 0.6 is 0 Å². The average Bonchev–Trinajstić information content (AvgIpc) is 2.41. The summed E-state index contributed by atoms with van der Waals surface area (Å²) in [5, 5.41) is 0. The zero-order chi connectivity index (χ0) is 14.9. The molecule has 7 heteroatoms. The first-order valence-corrected chi connectivity index (χ1v) is 7.78. The van der Waals surface area contributed by atoms with E-state index in [9.17, 15) is 22.0 Å². The van der Waals surface area contributed by atoms with Crippen LogP contribution in [0.4, 0.5) is 8.78 Å². The molecule has 110 valence electrons. The molecule has 4 nitrogen and oxygen atoms in total. The molecule has 20 heavy (non-hydrogen) atoms. The molecule has 0 bridgehead atoms. The number of carbonyl (C=O) groups excluding carboxylic acids is 1. The number of carbonyl (C=O) groups is 1. The van der Waals surface area contributed by atoms with Gasteiger partial charge in [0.15, 0.2) is 0 Å². The second-order valence-corrected chi connectivity index (χ2v) is 6.67. The van der Waals surface area contributed by atoms with Crippen LogP contribution in [0, 0.1) is 17.6 Å².